The molecule has 0 radical (unpaired) electrons. The summed E-state index contributed by atoms with van der Waals surface area (Å²) in [7, 11) is 0. The second-order valence-electron chi connectivity index (χ2n) is 7.81. The first-order valence-corrected chi connectivity index (χ1v) is 10.2. The minimum Gasteiger partial charge on any atom is -0.322 e. The van der Waals surface area contributed by atoms with Gasteiger partial charge in [-0.15, -0.1) is 0 Å². The number of carbonyl (C=O) groups excluding carboxylic acids is 2. The largest absolute Gasteiger partial charge is 0.322 e. The molecule has 6 rings (SSSR count). The maximum atomic E-state index is 12.8. The van der Waals surface area contributed by atoms with Crippen molar-refractivity contribution in [1.82, 2.24) is 19.4 Å². The molecule has 0 spiro atoms. The smallest absolute Gasteiger partial charge is 0.261 e. The molecule has 3 heterocycles. The Morgan fingerprint density at radius 3 is 2.10 bits per heavy atom. The number of hydrogen-bond donors (Lipinski definition) is 0. The second kappa shape index (κ2) is 6.47. The van der Waals surface area contributed by atoms with Crippen molar-refractivity contribution >= 4 is 44.9 Å². The summed E-state index contributed by atoms with van der Waals surface area (Å²) < 4.78 is 2.09. The summed E-state index contributed by atoms with van der Waals surface area (Å²) in [6.07, 6.45) is 0. The van der Waals surface area contributed by atoms with Crippen LogP contribution < -0.4 is 0 Å². The average molecular weight is 406 g/mol. The number of amides is 2. The predicted octanol–water partition coefficient (Wildman–Crippen LogP) is 4.34. The monoisotopic (exact) mass is 406 g/mol. The topological polar surface area (TPSA) is 68.1 Å². The van der Waals surface area contributed by atoms with E-state index in [0.29, 0.717) is 17.7 Å². The Balaban J connectivity index is 1.48. The maximum absolute atomic E-state index is 12.8. The van der Waals surface area contributed by atoms with Gasteiger partial charge in [0.2, 0.25) is 0 Å². The van der Waals surface area contributed by atoms with Gasteiger partial charge in [0.25, 0.3) is 11.8 Å². The molecule has 6 heteroatoms. The summed E-state index contributed by atoms with van der Waals surface area (Å²) in [6, 6.07) is 20.9. The molecule has 2 amide bonds. The van der Waals surface area contributed by atoms with Crippen LogP contribution >= 0.6 is 0 Å². The summed E-state index contributed by atoms with van der Waals surface area (Å²) in [5, 5.41) is 1.02. The van der Waals surface area contributed by atoms with Gasteiger partial charge in [0.15, 0.2) is 5.65 Å². The van der Waals surface area contributed by atoms with Gasteiger partial charge in [0.1, 0.15) is 5.52 Å². The van der Waals surface area contributed by atoms with Crippen LogP contribution in [0.5, 0.6) is 0 Å². The van der Waals surface area contributed by atoms with Gasteiger partial charge >= 0.3 is 0 Å². The van der Waals surface area contributed by atoms with E-state index in [-0.39, 0.29) is 18.4 Å². The number of carbonyl (C=O) groups is 2. The van der Waals surface area contributed by atoms with Gasteiger partial charge in [0.05, 0.1) is 27.7 Å². The van der Waals surface area contributed by atoms with Crippen molar-refractivity contribution in [3.05, 3.63) is 83.4 Å². The number of hydrogen-bond acceptors (Lipinski definition) is 4. The van der Waals surface area contributed by atoms with Gasteiger partial charge in [-0.1, -0.05) is 42.5 Å². The number of nitrogens with zero attached hydrogens (tertiary/aromatic N) is 4. The highest BCUT2D eigenvalue weighted by Crippen LogP contribution is 2.31. The van der Waals surface area contributed by atoms with Gasteiger partial charge < -0.3 is 4.57 Å². The van der Waals surface area contributed by atoms with Crippen molar-refractivity contribution < 1.29 is 9.59 Å². The van der Waals surface area contributed by atoms with Crippen LogP contribution in [0.2, 0.25) is 0 Å². The number of para-hydroxylation sites is 3. The number of aromatic nitrogens is 3. The third kappa shape index (κ3) is 2.51. The fourth-order valence-electron chi connectivity index (χ4n) is 4.53. The molecule has 0 saturated heterocycles. The Hall–Kier alpha value is -4.06. The Morgan fingerprint density at radius 1 is 0.742 bits per heavy atom. The fourth-order valence-corrected chi connectivity index (χ4v) is 4.53. The zero-order valence-electron chi connectivity index (χ0n) is 16.9. The molecule has 150 valence electrons. The van der Waals surface area contributed by atoms with Crippen molar-refractivity contribution in [3.8, 4) is 0 Å². The number of benzene rings is 3. The molecule has 0 saturated carbocycles. The molecule has 0 bridgehead atoms. The van der Waals surface area contributed by atoms with Crippen molar-refractivity contribution in [2.75, 3.05) is 6.54 Å². The van der Waals surface area contributed by atoms with E-state index in [1.807, 2.05) is 36.4 Å². The normalized spacial score (nSPS) is 13.6. The number of imide groups is 1. The Labute approximate surface area is 177 Å². The van der Waals surface area contributed by atoms with Crippen LogP contribution in [0.3, 0.4) is 0 Å². The summed E-state index contributed by atoms with van der Waals surface area (Å²) in [5.74, 6) is -0.482. The van der Waals surface area contributed by atoms with Crippen LogP contribution in [0.25, 0.3) is 33.1 Å². The van der Waals surface area contributed by atoms with E-state index in [4.69, 9.17) is 9.97 Å². The molecule has 2 aromatic heterocycles. The van der Waals surface area contributed by atoms with Crippen LogP contribution in [0.4, 0.5) is 0 Å². The highest BCUT2D eigenvalue weighted by molar-refractivity contribution is 6.21. The van der Waals surface area contributed by atoms with Gasteiger partial charge in [-0.3, -0.25) is 14.5 Å². The highest BCUT2D eigenvalue weighted by atomic mass is 16.2. The zero-order valence-corrected chi connectivity index (χ0v) is 16.9. The molecule has 0 fully saturated rings. The molecule has 5 aromatic rings. The van der Waals surface area contributed by atoms with Gasteiger partial charge in [-0.2, -0.15) is 0 Å². The molecule has 1 aliphatic rings. The average Bonchev–Trinajstić information content (AvgIpc) is 3.23. The second-order valence-corrected chi connectivity index (χ2v) is 7.81. The molecule has 1 aliphatic heterocycles. The van der Waals surface area contributed by atoms with Crippen molar-refractivity contribution in [2.24, 2.45) is 0 Å². The van der Waals surface area contributed by atoms with Crippen molar-refractivity contribution in [3.63, 3.8) is 0 Å². The molecule has 0 unspecified atom stereocenters. The molecule has 3 aromatic carbocycles. The zero-order chi connectivity index (χ0) is 21.1. The minimum absolute atomic E-state index is 0.241. The Kier molecular flexibility index (Phi) is 3.71. The van der Waals surface area contributed by atoms with E-state index in [2.05, 4.69) is 17.6 Å². The van der Waals surface area contributed by atoms with Gasteiger partial charge in [-0.25, -0.2) is 9.97 Å². The van der Waals surface area contributed by atoms with Crippen LogP contribution in [0.1, 0.15) is 26.3 Å². The van der Waals surface area contributed by atoms with Gasteiger partial charge in [0, 0.05) is 18.5 Å². The molecule has 0 N–H and O–H groups in total. The summed E-state index contributed by atoms with van der Waals surface area (Å²) in [4.78, 5) is 36.7. The summed E-state index contributed by atoms with van der Waals surface area (Å²) in [6.45, 7) is 2.77. The van der Waals surface area contributed by atoms with Crippen molar-refractivity contribution in [2.45, 2.75) is 13.5 Å². The molecule has 0 atom stereocenters. The lowest BCUT2D eigenvalue weighted by Crippen LogP contribution is -2.33. The molecular weight excluding hydrogens is 388 g/mol. The van der Waals surface area contributed by atoms with E-state index in [9.17, 15) is 9.59 Å². The van der Waals surface area contributed by atoms with Crippen LogP contribution in [0.15, 0.2) is 66.7 Å². The number of aryl methyl sites for hydroxylation is 1. The van der Waals surface area contributed by atoms with Crippen LogP contribution in [0, 0.1) is 6.92 Å². The van der Waals surface area contributed by atoms with E-state index < -0.39 is 0 Å². The standard InChI is InChI=1S/C25H18N4O2/c1-15-7-6-10-18-21-23(27-20-12-5-4-11-19(20)26-21)28(22(15)18)13-14-29-24(30)16-8-2-3-9-17(16)25(29)31/h2-12H,13-14H2,1H3. The summed E-state index contributed by atoms with van der Waals surface area (Å²) in [5.41, 5.74) is 6.33. The third-order valence-electron chi connectivity index (χ3n) is 6.00. The van der Waals surface area contributed by atoms with Crippen LogP contribution in [-0.2, 0) is 6.54 Å². The quantitative estimate of drug-likeness (QED) is 0.418. The van der Waals surface area contributed by atoms with E-state index in [1.165, 1.54) is 4.90 Å². The minimum atomic E-state index is -0.241. The Bertz CT molecular complexity index is 1520. The van der Waals surface area contributed by atoms with Crippen molar-refractivity contribution in [1.29, 1.82) is 0 Å². The number of rotatable bonds is 3. The van der Waals surface area contributed by atoms with Gasteiger partial charge in [-0.05, 0) is 36.8 Å². The first kappa shape index (κ1) is 17.8. The molecule has 0 aliphatic carbocycles. The lowest BCUT2D eigenvalue weighted by molar-refractivity contribution is 0.0650. The lowest BCUT2D eigenvalue weighted by atomic mass is 10.1. The first-order chi connectivity index (χ1) is 15.1. The predicted molar refractivity (Wildman–Crippen MR) is 119 cm³/mol. The lowest BCUT2D eigenvalue weighted by Gasteiger charge is -2.16. The first-order valence-electron chi connectivity index (χ1n) is 10.2. The van der Waals surface area contributed by atoms with Crippen LogP contribution in [-0.4, -0.2) is 37.8 Å². The highest BCUT2D eigenvalue weighted by Gasteiger charge is 2.35. The van der Waals surface area contributed by atoms with E-state index >= 15 is 0 Å². The third-order valence-corrected chi connectivity index (χ3v) is 6.00. The summed E-state index contributed by atoms with van der Waals surface area (Å²) >= 11 is 0. The molecule has 6 nitrogen and oxygen atoms in total. The van der Waals surface area contributed by atoms with E-state index in [1.54, 1.807) is 24.3 Å². The maximum Gasteiger partial charge on any atom is 0.261 e. The Morgan fingerprint density at radius 2 is 1.39 bits per heavy atom. The molecule has 31 heavy (non-hydrogen) atoms. The fraction of sp³-hybridized carbons (Fsp3) is 0.120. The molecular formula is C25H18N4O2. The number of fused-ring (bicyclic) bond motifs is 5. The SMILES string of the molecule is Cc1cccc2c3nc4ccccc4nc3n(CCN3C(=O)c4ccccc4C3=O)c12. The van der Waals surface area contributed by atoms with E-state index in [0.717, 1.165) is 38.7 Å².